The summed E-state index contributed by atoms with van der Waals surface area (Å²) in [6, 6.07) is 4.29. The molecule has 114 valence electrons. The lowest BCUT2D eigenvalue weighted by Gasteiger charge is -2.11. The lowest BCUT2D eigenvalue weighted by atomic mass is 10.2. The van der Waals surface area contributed by atoms with Crippen molar-refractivity contribution in [2.75, 3.05) is 27.2 Å². The molecule has 1 aromatic rings. The van der Waals surface area contributed by atoms with Crippen LogP contribution in [0.1, 0.15) is 10.4 Å². The van der Waals surface area contributed by atoms with E-state index in [4.69, 9.17) is 27.9 Å². The summed E-state index contributed by atoms with van der Waals surface area (Å²) in [6.07, 6.45) is 0. The molecule has 0 saturated carbocycles. The number of esters is 1. The molecule has 0 aliphatic heterocycles. The molecule has 6 nitrogen and oxygen atoms in total. The van der Waals surface area contributed by atoms with Gasteiger partial charge in [0.05, 0.1) is 17.1 Å². The first-order valence-electron chi connectivity index (χ1n) is 5.90. The van der Waals surface area contributed by atoms with Gasteiger partial charge in [-0.2, -0.15) is 0 Å². The molecule has 1 rings (SSSR count). The minimum Gasteiger partial charge on any atom is -0.452 e. The average Bonchev–Trinajstić information content (AvgIpc) is 2.41. The fourth-order valence-electron chi connectivity index (χ4n) is 1.25. The van der Waals surface area contributed by atoms with Gasteiger partial charge in [0.1, 0.15) is 0 Å². The van der Waals surface area contributed by atoms with E-state index in [2.05, 4.69) is 5.32 Å². The van der Waals surface area contributed by atoms with Gasteiger partial charge in [0.25, 0.3) is 5.91 Å². The van der Waals surface area contributed by atoms with Gasteiger partial charge < -0.3 is 15.0 Å². The Balaban J connectivity index is 2.46. The second-order valence-electron chi connectivity index (χ2n) is 4.27. The largest absolute Gasteiger partial charge is 0.452 e. The summed E-state index contributed by atoms with van der Waals surface area (Å²) < 4.78 is 4.80. The molecule has 0 heterocycles. The van der Waals surface area contributed by atoms with Crippen molar-refractivity contribution in [3.8, 4) is 0 Å². The molecule has 1 aromatic carbocycles. The van der Waals surface area contributed by atoms with E-state index in [1.807, 2.05) is 0 Å². The van der Waals surface area contributed by atoms with E-state index in [1.54, 1.807) is 14.1 Å². The quantitative estimate of drug-likeness (QED) is 0.826. The summed E-state index contributed by atoms with van der Waals surface area (Å²) in [5.41, 5.74) is 0.109. The van der Waals surface area contributed by atoms with Crippen LogP contribution in [0.2, 0.25) is 10.0 Å². The maximum absolute atomic E-state index is 11.7. The minimum absolute atomic E-state index is 0.109. The number of benzene rings is 1. The van der Waals surface area contributed by atoms with Crippen molar-refractivity contribution >= 4 is 41.0 Å². The van der Waals surface area contributed by atoms with Crippen molar-refractivity contribution < 1.29 is 19.1 Å². The second-order valence-corrected chi connectivity index (χ2v) is 5.11. The standard InChI is InChI=1S/C13H14Cl2N2O4/c1-17(2)12(19)6-16-11(18)7-21-13(20)9-4-3-8(14)5-10(9)15/h3-5H,6-7H2,1-2H3,(H,16,18). The van der Waals surface area contributed by atoms with Gasteiger partial charge in [0.15, 0.2) is 6.61 Å². The number of nitrogens with one attached hydrogen (secondary N) is 1. The monoisotopic (exact) mass is 332 g/mol. The number of carbonyl (C=O) groups excluding carboxylic acids is 3. The van der Waals surface area contributed by atoms with E-state index in [0.29, 0.717) is 5.02 Å². The molecule has 21 heavy (non-hydrogen) atoms. The SMILES string of the molecule is CN(C)C(=O)CNC(=O)COC(=O)c1ccc(Cl)cc1Cl. The van der Waals surface area contributed by atoms with Gasteiger partial charge in [-0.05, 0) is 18.2 Å². The van der Waals surface area contributed by atoms with Gasteiger partial charge in [-0.25, -0.2) is 4.79 Å². The van der Waals surface area contributed by atoms with Gasteiger partial charge in [-0.15, -0.1) is 0 Å². The molecule has 0 aromatic heterocycles. The van der Waals surface area contributed by atoms with Crippen LogP contribution in [0.5, 0.6) is 0 Å². The first-order chi connectivity index (χ1) is 9.81. The summed E-state index contributed by atoms with van der Waals surface area (Å²) >= 11 is 11.6. The minimum atomic E-state index is -0.745. The Bertz CT molecular complexity index is 561. The Morgan fingerprint density at radius 2 is 1.90 bits per heavy atom. The highest BCUT2D eigenvalue weighted by atomic mass is 35.5. The van der Waals surface area contributed by atoms with Crippen LogP contribution < -0.4 is 5.32 Å². The Morgan fingerprint density at radius 3 is 2.48 bits per heavy atom. The van der Waals surface area contributed by atoms with Crippen molar-refractivity contribution in [3.63, 3.8) is 0 Å². The van der Waals surface area contributed by atoms with E-state index in [1.165, 1.54) is 23.1 Å². The van der Waals surface area contributed by atoms with Gasteiger partial charge >= 0.3 is 5.97 Å². The highest BCUT2D eigenvalue weighted by Crippen LogP contribution is 2.21. The van der Waals surface area contributed by atoms with E-state index in [0.717, 1.165) is 0 Å². The van der Waals surface area contributed by atoms with E-state index >= 15 is 0 Å². The molecule has 0 unspecified atom stereocenters. The molecular formula is C13H14Cl2N2O4. The van der Waals surface area contributed by atoms with Crippen molar-refractivity contribution in [1.29, 1.82) is 0 Å². The first kappa shape index (κ1) is 17.3. The highest BCUT2D eigenvalue weighted by molar-refractivity contribution is 6.36. The number of likely N-dealkylation sites (N-methyl/N-ethyl adjacent to an activating group) is 1. The van der Waals surface area contributed by atoms with Crippen molar-refractivity contribution in [2.24, 2.45) is 0 Å². The molecule has 0 aliphatic rings. The number of rotatable bonds is 5. The Morgan fingerprint density at radius 1 is 1.24 bits per heavy atom. The summed E-state index contributed by atoms with van der Waals surface area (Å²) in [7, 11) is 3.13. The number of hydrogen-bond donors (Lipinski definition) is 1. The van der Waals surface area contributed by atoms with Gasteiger partial charge in [0.2, 0.25) is 5.91 Å². The molecule has 1 N–H and O–H groups in total. The topological polar surface area (TPSA) is 75.7 Å². The molecule has 0 fully saturated rings. The molecule has 0 spiro atoms. The molecular weight excluding hydrogens is 319 g/mol. The van der Waals surface area contributed by atoms with Crippen molar-refractivity contribution in [3.05, 3.63) is 33.8 Å². The zero-order valence-corrected chi connectivity index (χ0v) is 13.0. The van der Waals surface area contributed by atoms with E-state index in [9.17, 15) is 14.4 Å². The van der Waals surface area contributed by atoms with Gasteiger partial charge in [-0.3, -0.25) is 9.59 Å². The Kier molecular flexibility index (Phi) is 6.45. The molecule has 0 bridgehead atoms. The highest BCUT2D eigenvalue weighted by Gasteiger charge is 2.14. The summed E-state index contributed by atoms with van der Waals surface area (Å²) in [5.74, 6) is -1.59. The van der Waals surface area contributed by atoms with Crippen LogP contribution in [0.25, 0.3) is 0 Å². The summed E-state index contributed by atoms with van der Waals surface area (Å²) in [4.78, 5) is 35.7. The van der Waals surface area contributed by atoms with Crippen LogP contribution in [-0.4, -0.2) is 49.9 Å². The Hall–Kier alpha value is -1.79. The van der Waals surface area contributed by atoms with E-state index < -0.39 is 18.5 Å². The molecule has 0 aliphatic carbocycles. The number of nitrogens with zero attached hydrogens (tertiary/aromatic N) is 1. The molecule has 0 saturated heterocycles. The zero-order chi connectivity index (χ0) is 16.0. The number of amides is 2. The third-order valence-electron chi connectivity index (χ3n) is 2.42. The third kappa shape index (κ3) is 5.61. The van der Waals surface area contributed by atoms with Crippen LogP contribution >= 0.6 is 23.2 Å². The smallest absolute Gasteiger partial charge is 0.340 e. The van der Waals surface area contributed by atoms with Gasteiger partial charge in [0, 0.05) is 19.1 Å². The number of ether oxygens (including phenoxy) is 1. The zero-order valence-electron chi connectivity index (χ0n) is 11.5. The number of halogens is 2. The van der Waals surface area contributed by atoms with Crippen LogP contribution in [0.15, 0.2) is 18.2 Å². The first-order valence-corrected chi connectivity index (χ1v) is 6.66. The van der Waals surface area contributed by atoms with Crippen molar-refractivity contribution in [2.45, 2.75) is 0 Å². The molecule has 2 amide bonds. The average molecular weight is 333 g/mol. The lowest BCUT2D eigenvalue weighted by molar-refractivity contribution is -0.131. The fraction of sp³-hybridized carbons (Fsp3) is 0.308. The maximum atomic E-state index is 11.7. The number of carbonyl (C=O) groups is 3. The van der Waals surface area contributed by atoms with Gasteiger partial charge in [-0.1, -0.05) is 23.2 Å². The van der Waals surface area contributed by atoms with Crippen LogP contribution in [0.4, 0.5) is 0 Å². The molecule has 8 heteroatoms. The summed E-state index contributed by atoms with van der Waals surface area (Å²) in [6.45, 7) is -0.663. The maximum Gasteiger partial charge on any atom is 0.340 e. The molecule has 0 radical (unpaired) electrons. The molecule has 0 atom stereocenters. The third-order valence-corrected chi connectivity index (χ3v) is 2.97. The normalized spacial score (nSPS) is 9.90. The lowest BCUT2D eigenvalue weighted by Crippen LogP contribution is -2.38. The fourth-order valence-corrected chi connectivity index (χ4v) is 1.73. The Labute approximate surface area is 132 Å². The van der Waals surface area contributed by atoms with Crippen LogP contribution in [0.3, 0.4) is 0 Å². The van der Waals surface area contributed by atoms with Crippen LogP contribution in [-0.2, 0) is 14.3 Å². The second kappa shape index (κ2) is 7.85. The summed E-state index contributed by atoms with van der Waals surface area (Å²) in [5, 5.41) is 2.85. The number of hydrogen-bond acceptors (Lipinski definition) is 4. The van der Waals surface area contributed by atoms with Crippen molar-refractivity contribution in [1.82, 2.24) is 10.2 Å². The van der Waals surface area contributed by atoms with Crippen LogP contribution in [0, 0.1) is 0 Å². The predicted molar refractivity (Wildman–Crippen MR) is 78.4 cm³/mol. The van der Waals surface area contributed by atoms with E-state index in [-0.39, 0.29) is 23.0 Å². The predicted octanol–water partition coefficient (Wildman–Crippen LogP) is 1.35.